The summed E-state index contributed by atoms with van der Waals surface area (Å²) in [6.07, 6.45) is 1.42. The van der Waals surface area contributed by atoms with Crippen LogP contribution in [0.4, 0.5) is 4.39 Å². The molecule has 94 valence electrons. The van der Waals surface area contributed by atoms with Crippen molar-refractivity contribution in [2.75, 3.05) is 7.05 Å². The van der Waals surface area contributed by atoms with Gasteiger partial charge in [0, 0.05) is 7.05 Å². The van der Waals surface area contributed by atoms with Gasteiger partial charge in [0.05, 0.1) is 13.0 Å². The summed E-state index contributed by atoms with van der Waals surface area (Å²) < 4.78 is 13.4. The molecule has 0 fully saturated rings. The van der Waals surface area contributed by atoms with E-state index in [1.165, 1.54) is 17.3 Å². The van der Waals surface area contributed by atoms with Gasteiger partial charge in [0.2, 0.25) is 5.91 Å². The second kappa shape index (κ2) is 5.39. The number of aromatic nitrogens is 3. The summed E-state index contributed by atoms with van der Waals surface area (Å²) in [5, 5.41) is 6.37. The Morgan fingerprint density at radius 1 is 1.44 bits per heavy atom. The van der Waals surface area contributed by atoms with Crippen molar-refractivity contribution in [1.29, 1.82) is 0 Å². The Labute approximate surface area is 104 Å². The van der Waals surface area contributed by atoms with Crippen molar-refractivity contribution in [3.8, 4) is 0 Å². The average Bonchev–Trinajstić information content (AvgIpc) is 2.84. The first-order valence-corrected chi connectivity index (χ1v) is 5.48. The first-order valence-electron chi connectivity index (χ1n) is 5.48. The third-order valence-corrected chi connectivity index (χ3v) is 2.58. The molecule has 2 aromatic rings. The van der Waals surface area contributed by atoms with E-state index in [1.54, 1.807) is 25.2 Å². The molecular formula is C12H13FN4O. The van der Waals surface area contributed by atoms with Crippen LogP contribution in [0.5, 0.6) is 0 Å². The van der Waals surface area contributed by atoms with Crippen molar-refractivity contribution >= 4 is 5.91 Å². The van der Waals surface area contributed by atoms with Gasteiger partial charge >= 0.3 is 0 Å². The lowest BCUT2D eigenvalue weighted by Gasteiger charge is -2.15. The molecule has 0 saturated carbocycles. The van der Waals surface area contributed by atoms with E-state index in [0.29, 0.717) is 17.9 Å². The van der Waals surface area contributed by atoms with Crippen LogP contribution >= 0.6 is 0 Å². The number of hydrogen-bond acceptors (Lipinski definition) is 3. The second-order valence-corrected chi connectivity index (χ2v) is 3.95. The molecule has 0 aliphatic carbocycles. The van der Waals surface area contributed by atoms with Crippen molar-refractivity contribution in [3.63, 3.8) is 0 Å². The summed E-state index contributed by atoms with van der Waals surface area (Å²) in [6, 6.07) is 6.26. The highest BCUT2D eigenvalue weighted by atomic mass is 19.1. The van der Waals surface area contributed by atoms with Crippen LogP contribution in [0.2, 0.25) is 0 Å². The molecule has 0 aliphatic heterocycles. The number of hydrogen-bond donors (Lipinski definition) is 1. The zero-order valence-corrected chi connectivity index (χ0v) is 9.93. The van der Waals surface area contributed by atoms with Crippen LogP contribution in [0.15, 0.2) is 30.6 Å². The zero-order valence-electron chi connectivity index (χ0n) is 9.93. The van der Waals surface area contributed by atoms with Crippen LogP contribution in [0, 0.1) is 5.82 Å². The van der Waals surface area contributed by atoms with E-state index in [-0.39, 0.29) is 18.1 Å². The van der Waals surface area contributed by atoms with E-state index < -0.39 is 0 Å². The first kappa shape index (κ1) is 12.2. The summed E-state index contributed by atoms with van der Waals surface area (Å²) in [7, 11) is 1.64. The van der Waals surface area contributed by atoms with E-state index in [1.807, 2.05) is 0 Å². The second-order valence-electron chi connectivity index (χ2n) is 3.95. The largest absolute Gasteiger partial charge is 0.338 e. The zero-order chi connectivity index (χ0) is 13.0. The van der Waals surface area contributed by atoms with Gasteiger partial charge in [-0.1, -0.05) is 18.2 Å². The highest BCUT2D eigenvalue weighted by Crippen LogP contribution is 2.08. The van der Waals surface area contributed by atoms with Crippen LogP contribution < -0.4 is 0 Å². The van der Waals surface area contributed by atoms with Gasteiger partial charge in [-0.15, -0.1) is 0 Å². The summed E-state index contributed by atoms with van der Waals surface area (Å²) in [4.78, 5) is 17.3. The molecule has 1 heterocycles. The Bertz CT molecular complexity index is 527. The molecule has 0 bridgehead atoms. The van der Waals surface area contributed by atoms with Gasteiger partial charge in [0.25, 0.3) is 0 Å². The van der Waals surface area contributed by atoms with Gasteiger partial charge in [0.1, 0.15) is 18.0 Å². The minimum absolute atomic E-state index is 0.0390. The van der Waals surface area contributed by atoms with Crippen LogP contribution in [0.25, 0.3) is 0 Å². The molecule has 1 amide bonds. The van der Waals surface area contributed by atoms with Gasteiger partial charge in [-0.3, -0.25) is 9.89 Å². The Hall–Kier alpha value is -2.24. The minimum atomic E-state index is -0.362. The van der Waals surface area contributed by atoms with E-state index in [0.717, 1.165) is 0 Å². The maximum Gasteiger partial charge on any atom is 0.227 e. The molecule has 1 N–H and O–H groups in total. The molecule has 0 unspecified atom stereocenters. The fourth-order valence-electron chi connectivity index (χ4n) is 1.56. The van der Waals surface area contributed by atoms with Crippen molar-refractivity contribution < 1.29 is 9.18 Å². The maximum absolute atomic E-state index is 13.4. The molecule has 2 rings (SSSR count). The number of H-pyrrole nitrogens is 1. The number of carbonyl (C=O) groups excluding carboxylic acids is 1. The number of benzene rings is 1. The molecule has 18 heavy (non-hydrogen) atoms. The van der Waals surface area contributed by atoms with Gasteiger partial charge in [-0.05, 0) is 11.6 Å². The maximum atomic E-state index is 13.4. The predicted molar refractivity (Wildman–Crippen MR) is 63.0 cm³/mol. The summed E-state index contributed by atoms with van der Waals surface area (Å²) in [5.74, 6) is 0.0646. The van der Waals surface area contributed by atoms with Crippen LogP contribution in [0.3, 0.4) is 0 Å². The number of aromatic amines is 1. The van der Waals surface area contributed by atoms with E-state index in [2.05, 4.69) is 15.2 Å². The molecular weight excluding hydrogens is 235 g/mol. The number of carbonyl (C=O) groups is 1. The number of likely N-dealkylation sites (N-methyl/N-ethyl adjacent to an activating group) is 1. The lowest BCUT2D eigenvalue weighted by atomic mass is 10.1. The van der Waals surface area contributed by atoms with Crippen molar-refractivity contribution in [1.82, 2.24) is 20.1 Å². The Balaban J connectivity index is 1.98. The van der Waals surface area contributed by atoms with Gasteiger partial charge in [0.15, 0.2) is 0 Å². The average molecular weight is 248 g/mol. The van der Waals surface area contributed by atoms with E-state index >= 15 is 0 Å². The fraction of sp³-hybridized carbons (Fsp3) is 0.250. The number of rotatable bonds is 4. The van der Waals surface area contributed by atoms with E-state index in [4.69, 9.17) is 0 Å². The molecule has 0 aliphatic rings. The lowest BCUT2D eigenvalue weighted by molar-refractivity contribution is -0.129. The highest BCUT2D eigenvalue weighted by molar-refractivity contribution is 5.78. The third-order valence-electron chi connectivity index (χ3n) is 2.58. The molecule has 1 aromatic heterocycles. The number of amides is 1. The molecule has 0 radical (unpaired) electrons. The van der Waals surface area contributed by atoms with Crippen LogP contribution in [-0.4, -0.2) is 33.0 Å². The number of halogens is 1. The van der Waals surface area contributed by atoms with Crippen molar-refractivity contribution in [2.24, 2.45) is 0 Å². The molecule has 0 spiro atoms. The van der Waals surface area contributed by atoms with Gasteiger partial charge in [-0.2, -0.15) is 5.10 Å². The lowest BCUT2D eigenvalue weighted by Crippen LogP contribution is -2.28. The van der Waals surface area contributed by atoms with Gasteiger partial charge in [-0.25, -0.2) is 9.37 Å². The summed E-state index contributed by atoms with van der Waals surface area (Å²) in [5.41, 5.74) is 0.395. The quantitative estimate of drug-likeness (QED) is 0.882. The van der Waals surface area contributed by atoms with Gasteiger partial charge < -0.3 is 4.90 Å². The Morgan fingerprint density at radius 3 is 2.89 bits per heavy atom. The standard InChI is InChI=1S/C12H13FN4O/c1-17(7-11-14-8-15-16-11)12(18)6-9-4-2-3-5-10(9)13/h2-5,8H,6-7H2,1H3,(H,14,15,16). The third kappa shape index (κ3) is 2.91. The van der Waals surface area contributed by atoms with Crippen LogP contribution in [-0.2, 0) is 17.8 Å². The minimum Gasteiger partial charge on any atom is -0.338 e. The first-order chi connectivity index (χ1) is 8.66. The smallest absolute Gasteiger partial charge is 0.227 e. The summed E-state index contributed by atoms with van der Waals surface area (Å²) in [6.45, 7) is 0.327. The molecule has 6 heteroatoms. The molecule has 0 saturated heterocycles. The van der Waals surface area contributed by atoms with Crippen LogP contribution in [0.1, 0.15) is 11.4 Å². The normalized spacial score (nSPS) is 10.3. The molecule has 5 nitrogen and oxygen atoms in total. The predicted octanol–water partition coefficient (Wildman–Crippen LogP) is 1.14. The number of nitrogens with one attached hydrogen (secondary N) is 1. The highest BCUT2D eigenvalue weighted by Gasteiger charge is 2.13. The Kier molecular flexibility index (Phi) is 3.66. The Morgan fingerprint density at radius 2 is 2.22 bits per heavy atom. The summed E-state index contributed by atoms with van der Waals surface area (Å²) >= 11 is 0. The fourth-order valence-corrected chi connectivity index (χ4v) is 1.56. The van der Waals surface area contributed by atoms with Crippen molar-refractivity contribution in [3.05, 3.63) is 47.8 Å². The topological polar surface area (TPSA) is 61.9 Å². The van der Waals surface area contributed by atoms with E-state index in [9.17, 15) is 9.18 Å². The number of nitrogens with zero attached hydrogens (tertiary/aromatic N) is 3. The molecule has 1 aromatic carbocycles. The molecule has 0 atom stereocenters. The monoisotopic (exact) mass is 248 g/mol. The SMILES string of the molecule is CN(Cc1ncn[nH]1)C(=O)Cc1ccccc1F. The van der Waals surface area contributed by atoms with Crippen molar-refractivity contribution in [2.45, 2.75) is 13.0 Å².